The minimum Gasteiger partial charge on any atom is -0.197 e. The first-order chi connectivity index (χ1) is 4.47. The first-order valence-corrected chi connectivity index (χ1v) is 2.72. The summed E-state index contributed by atoms with van der Waals surface area (Å²) < 4.78 is 0. The third kappa shape index (κ3) is 1.46. The molecule has 0 spiro atoms. The van der Waals surface area contributed by atoms with Gasteiger partial charge in [0.05, 0.1) is 0 Å². The number of H-pyrrole nitrogens is 1. The Kier molecular flexibility index (Phi) is 3.00. The molecule has 0 aliphatic carbocycles. The van der Waals surface area contributed by atoms with Crippen LogP contribution < -0.4 is 51.4 Å². The largest absolute Gasteiger partial charge is 1.00 e. The van der Waals surface area contributed by atoms with Crippen LogP contribution in [0.3, 0.4) is 0 Å². The Morgan fingerprint density at radius 2 is 1.50 bits per heavy atom. The summed E-state index contributed by atoms with van der Waals surface area (Å²) in [6.07, 6.45) is 0. The standard InChI is InChI=1S/C6H5N3.K/c1-2-4-6-5(3-1)7-9-8-6;/h1-4H,(H,7,8,9);/q;+1. The first-order valence-electron chi connectivity index (χ1n) is 2.72. The summed E-state index contributed by atoms with van der Waals surface area (Å²) in [5.41, 5.74) is 1.83. The smallest absolute Gasteiger partial charge is 0.197 e. The Balaban J connectivity index is 0.000000500. The van der Waals surface area contributed by atoms with Crippen molar-refractivity contribution < 1.29 is 51.4 Å². The summed E-state index contributed by atoms with van der Waals surface area (Å²) in [5.74, 6) is 0. The van der Waals surface area contributed by atoms with Gasteiger partial charge in [0.15, 0.2) is 0 Å². The molecule has 2 aromatic rings. The maximum absolute atomic E-state index is 3.88. The van der Waals surface area contributed by atoms with E-state index in [4.69, 9.17) is 0 Å². The third-order valence-corrected chi connectivity index (χ3v) is 1.22. The van der Waals surface area contributed by atoms with E-state index in [2.05, 4.69) is 15.4 Å². The van der Waals surface area contributed by atoms with E-state index in [1.807, 2.05) is 24.3 Å². The number of nitrogens with one attached hydrogen (secondary N) is 1. The number of hydrogen-bond donors (Lipinski definition) is 1. The van der Waals surface area contributed by atoms with E-state index in [0.29, 0.717) is 0 Å². The van der Waals surface area contributed by atoms with Crippen LogP contribution in [0.4, 0.5) is 0 Å². The summed E-state index contributed by atoms with van der Waals surface area (Å²) in [6.45, 7) is 0. The molecule has 0 atom stereocenters. The molecule has 0 aliphatic heterocycles. The van der Waals surface area contributed by atoms with Gasteiger partial charge in [-0.05, 0) is 12.1 Å². The van der Waals surface area contributed by atoms with E-state index in [1.165, 1.54) is 0 Å². The fourth-order valence-corrected chi connectivity index (χ4v) is 0.786. The number of aromatic nitrogens is 3. The molecule has 1 aromatic heterocycles. The second kappa shape index (κ2) is 3.59. The molecule has 3 nitrogen and oxygen atoms in total. The SMILES string of the molecule is [K+].c1ccc2n[nH]nc2c1. The molecule has 1 aromatic carbocycles. The van der Waals surface area contributed by atoms with Gasteiger partial charge in [0.1, 0.15) is 11.0 Å². The van der Waals surface area contributed by atoms with Gasteiger partial charge in [0, 0.05) is 0 Å². The van der Waals surface area contributed by atoms with E-state index in [9.17, 15) is 0 Å². The summed E-state index contributed by atoms with van der Waals surface area (Å²) in [6, 6.07) is 7.70. The number of para-hydroxylation sites is 2. The summed E-state index contributed by atoms with van der Waals surface area (Å²) in [4.78, 5) is 0. The van der Waals surface area contributed by atoms with Crippen molar-refractivity contribution in [3.05, 3.63) is 24.3 Å². The number of fused-ring (bicyclic) bond motifs is 1. The fourth-order valence-electron chi connectivity index (χ4n) is 0.786. The zero-order valence-electron chi connectivity index (χ0n) is 5.70. The molecule has 44 valence electrons. The molecule has 10 heavy (non-hydrogen) atoms. The van der Waals surface area contributed by atoms with Gasteiger partial charge in [-0.1, -0.05) is 12.1 Å². The van der Waals surface area contributed by atoms with Gasteiger partial charge < -0.3 is 0 Å². The van der Waals surface area contributed by atoms with Crippen LogP contribution in [0.1, 0.15) is 0 Å². The van der Waals surface area contributed by atoms with Gasteiger partial charge in [-0.25, -0.2) is 0 Å². The second-order valence-corrected chi connectivity index (χ2v) is 1.81. The molecule has 0 saturated carbocycles. The molecule has 0 unspecified atom stereocenters. The van der Waals surface area contributed by atoms with Crippen LogP contribution in [0.5, 0.6) is 0 Å². The summed E-state index contributed by atoms with van der Waals surface area (Å²) >= 11 is 0. The van der Waals surface area contributed by atoms with Crippen molar-refractivity contribution in [2.75, 3.05) is 0 Å². The Labute approximate surface area is 101 Å². The van der Waals surface area contributed by atoms with E-state index in [-0.39, 0.29) is 51.4 Å². The second-order valence-electron chi connectivity index (χ2n) is 1.81. The molecule has 1 heterocycles. The van der Waals surface area contributed by atoms with E-state index in [1.54, 1.807) is 0 Å². The van der Waals surface area contributed by atoms with Gasteiger partial charge >= 0.3 is 51.4 Å². The van der Waals surface area contributed by atoms with Crippen molar-refractivity contribution in [1.29, 1.82) is 0 Å². The first kappa shape index (κ1) is 8.35. The van der Waals surface area contributed by atoms with Crippen LogP contribution in [-0.4, -0.2) is 15.4 Å². The van der Waals surface area contributed by atoms with Gasteiger partial charge in [0.25, 0.3) is 0 Å². The van der Waals surface area contributed by atoms with Crippen molar-refractivity contribution in [1.82, 2.24) is 15.4 Å². The molecule has 2 rings (SSSR count). The average molecular weight is 158 g/mol. The van der Waals surface area contributed by atoms with Crippen molar-refractivity contribution in [3.63, 3.8) is 0 Å². The van der Waals surface area contributed by atoms with E-state index >= 15 is 0 Å². The van der Waals surface area contributed by atoms with E-state index in [0.717, 1.165) is 11.0 Å². The number of rotatable bonds is 0. The Morgan fingerprint density at radius 1 is 1.00 bits per heavy atom. The maximum Gasteiger partial charge on any atom is 1.00 e. The fraction of sp³-hybridized carbons (Fsp3) is 0. The minimum absolute atomic E-state index is 0. The number of nitrogens with zero attached hydrogens (tertiary/aromatic N) is 2. The average Bonchev–Trinajstić information content (AvgIpc) is 2.33. The number of aromatic amines is 1. The monoisotopic (exact) mass is 158 g/mol. The third-order valence-electron chi connectivity index (χ3n) is 1.22. The zero-order valence-corrected chi connectivity index (χ0v) is 8.83. The molecular formula is C6H5KN3+. The van der Waals surface area contributed by atoms with Crippen LogP contribution in [0.25, 0.3) is 11.0 Å². The number of hydrogen-bond acceptors (Lipinski definition) is 2. The zero-order chi connectivity index (χ0) is 6.10. The van der Waals surface area contributed by atoms with Crippen LogP contribution in [0.2, 0.25) is 0 Å². The summed E-state index contributed by atoms with van der Waals surface area (Å²) in [5, 5.41) is 10.3. The Hall–Kier alpha value is 0.256. The van der Waals surface area contributed by atoms with Gasteiger partial charge in [-0.2, -0.15) is 15.4 Å². The van der Waals surface area contributed by atoms with Crippen LogP contribution in [-0.2, 0) is 0 Å². The van der Waals surface area contributed by atoms with Gasteiger partial charge in [-0.15, -0.1) is 0 Å². The molecule has 0 radical (unpaired) electrons. The van der Waals surface area contributed by atoms with Crippen LogP contribution in [0, 0.1) is 0 Å². The Morgan fingerprint density at radius 3 is 2.00 bits per heavy atom. The van der Waals surface area contributed by atoms with Crippen LogP contribution >= 0.6 is 0 Å². The molecule has 0 amide bonds. The minimum atomic E-state index is 0. The van der Waals surface area contributed by atoms with E-state index < -0.39 is 0 Å². The molecule has 0 bridgehead atoms. The van der Waals surface area contributed by atoms with Crippen molar-refractivity contribution in [2.45, 2.75) is 0 Å². The molecule has 4 heteroatoms. The quantitative estimate of drug-likeness (QED) is 0.449. The molecule has 1 N–H and O–H groups in total. The van der Waals surface area contributed by atoms with Gasteiger partial charge in [-0.3, -0.25) is 0 Å². The predicted octanol–water partition coefficient (Wildman–Crippen LogP) is -2.04. The summed E-state index contributed by atoms with van der Waals surface area (Å²) in [7, 11) is 0. The topological polar surface area (TPSA) is 41.6 Å². The van der Waals surface area contributed by atoms with Crippen molar-refractivity contribution >= 4 is 11.0 Å². The van der Waals surface area contributed by atoms with Gasteiger partial charge in [0.2, 0.25) is 0 Å². The van der Waals surface area contributed by atoms with Crippen molar-refractivity contribution in [2.24, 2.45) is 0 Å². The predicted molar refractivity (Wildman–Crippen MR) is 33.9 cm³/mol. The normalized spacial score (nSPS) is 9.20. The maximum atomic E-state index is 3.88. The molecular weight excluding hydrogens is 153 g/mol. The number of benzene rings is 1. The Bertz CT molecular complexity index is 287. The molecule has 0 aliphatic rings. The van der Waals surface area contributed by atoms with Crippen molar-refractivity contribution in [3.8, 4) is 0 Å². The van der Waals surface area contributed by atoms with Crippen LogP contribution in [0.15, 0.2) is 24.3 Å². The molecule has 0 saturated heterocycles. The molecule has 0 fully saturated rings.